The summed E-state index contributed by atoms with van der Waals surface area (Å²) in [4.78, 5) is 11.0. The molecule has 1 aromatic rings. The highest BCUT2D eigenvalue weighted by atomic mass is 35.5. The Morgan fingerprint density at radius 3 is 2.75 bits per heavy atom. The average molecular weight is 261 g/mol. The standard InChI is InChI=1S/C11H13ClO3S/c12-9-4-3-5-10(8-9)16(15)7-2-1-6-11(13)14/h3-5,8H,1-2,6-7H2,(H,13,14). The van der Waals surface area contributed by atoms with Gasteiger partial charge >= 0.3 is 5.97 Å². The Morgan fingerprint density at radius 1 is 1.38 bits per heavy atom. The van der Waals surface area contributed by atoms with Gasteiger partial charge in [0.2, 0.25) is 0 Å². The van der Waals surface area contributed by atoms with Crippen LogP contribution in [-0.2, 0) is 15.6 Å². The SMILES string of the molecule is O=C(O)CCCCS(=O)c1cccc(Cl)c1. The van der Waals surface area contributed by atoms with Gasteiger partial charge < -0.3 is 5.11 Å². The summed E-state index contributed by atoms with van der Waals surface area (Å²) >= 11 is 5.78. The average Bonchev–Trinajstić information content (AvgIpc) is 2.24. The molecule has 0 radical (unpaired) electrons. The minimum absolute atomic E-state index is 0.132. The van der Waals surface area contributed by atoms with Crippen LogP contribution in [0.1, 0.15) is 19.3 Å². The number of aliphatic carboxylic acids is 1. The lowest BCUT2D eigenvalue weighted by molar-refractivity contribution is -0.137. The van der Waals surface area contributed by atoms with E-state index in [9.17, 15) is 9.00 Å². The van der Waals surface area contributed by atoms with Crippen LogP contribution in [0, 0.1) is 0 Å². The van der Waals surface area contributed by atoms with Crippen molar-refractivity contribution >= 4 is 28.4 Å². The first-order valence-electron chi connectivity index (χ1n) is 4.95. The second-order valence-electron chi connectivity index (χ2n) is 3.36. The second kappa shape index (κ2) is 6.66. The fourth-order valence-electron chi connectivity index (χ4n) is 1.24. The van der Waals surface area contributed by atoms with E-state index in [2.05, 4.69) is 0 Å². The van der Waals surface area contributed by atoms with Crippen molar-refractivity contribution in [3.05, 3.63) is 29.3 Å². The van der Waals surface area contributed by atoms with E-state index in [1.807, 2.05) is 0 Å². The van der Waals surface area contributed by atoms with Crippen LogP contribution in [0.25, 0.3) is 0 Å². The molecule has 0 saturated carbocycles. The smallest absolute Gasteiger partial charge is 0.303 e. The second-order valence-corrected chi connectivity index (χ2v) is 5.36. The van der Waals surface area contributed by atoms with Gasteiger partial charge in [-0.2, -0.15) is 0 Å². The molecular weight excluding hydrogens is 248 g/mol. The summed E-state index contributed by atoms with van der Waals surface area (Å²) in [5, 5.41) is 9.00. The summed E-state index contributed by atoms with van der Waals surface area (Å²) in [5.41, 5.74) is 0. The van der Waals surface area contributed by atoms with Crippen LogP contribution in [0.3, 0.4) is 0 Å². The number of carbonyl (C=O) groups is 1. The maximum absolute atomic E-state index is 11.7. The fourth-order valence-corrected chi connectivity index (χ4v) is 2.68. The molecule has 1 rings (SSSR count). The number of unbranched alkanes of at least 4 members (excludes halogenated alkanes) is 1. The van der Waals surface area contributed by atoms with E-state index in [-0.39, 0.29) is 6.42 Å². The molecule has 3 nitrogen and oxygen atoms in total. The quantitative estimate of drug-likeness (QED) is 0.800. The normalized spacial score (nSPS) is 12.3. The molecule has 0 saturated heterocycles. The van der Waals surface area contributed by atoms with Crippen LogP contribution < -0.4 is 0 Å². The van der Waals surface area contributed by atoms with Crippen molar-refractivity contribution in [1.29, 1.82) is 0 Å². The van der Waals surface area contributed by atoms with Gasteiger partial charge in [-0.05, 0) is 31.0 Å². The van der Waals surface area contributed by atoms with Crippen LogP contribution in [0.5, 0.6) is 0 Å². The van der Waals surface area contributed by atoms with Crippen LogP contribution in [0.4, 0.5) is 0 Å². The number of benzene rings is 1. The monoisotopic (exact) mass is 260 g/mol. The molecular formula is C11H13ClO3S. The fraction of sp³-hybridized carbons (Fsp3) is 0.364. The van der Waals surface area contributed by atoms with E-state index in [1.54, 1.807) is 24.3 Å². The third-order valence-corrected chi connectivity index (χ3v) is 3.70. The molecule has 1 unspecified atom stereocenters. The number of carboxylic acid groups (broad SMARTS) is 1. The molecule has 1 N–H and O–H groups in total. The minimum atomic E-state index is -1.09. The Bertz CT molecular complexity index is 393. The van der Waals surface area contributed by atoms with E-state index in [0.29, 0.717) is 28.5 Å². The van der Waals surface area contributed by atoms with E-state index in [4.69, 9.17) is 16.7 Å². The molecule has 5 heteroatoms. The van der Waals surface area contributed by atoms with Gasteiger partial charge in [0.25, 0.3) is 0 Å². The third-order valence-electron chi connectivity index (χ3n) is 2.03. The topological polar surface area (TPSA) is 54.4 Å². The summed E-state index contributed by atoms with van der Waals surface area (Å²) in [6.45, 7) is 0. The number of halogens is 1. The zero-order chi connectivity index (χ0) is 12.0. The Hall–Kier alpha value is -0.870. The van der Waals surface area contributed by atoms with Gasteiger partial charge in [-0.25, -0.2) is 0 Å². The predicted octanol–water partition coefficient (Wildman–Crippen LogP) is 2.70. The molecule has 0 spiro atoms. The van der Waals surface area contributed by atoms with Gasteiger partial charge in [0.1, 0.15) is 0 Å². The summed E-state index contributed by atoms with van der Waals surface area (Å²) in [7, 11) is -1.09. The molecule has 0 amide bonds. The van der Waals surface area contributed by atoms with E-state index >= 15 is 0 Å². The number of carboxylic acids is 1. The largest absolute Gasteiger partial charge is 0.481 e. The lowest BCUT2D eigenvalue weighted by Crippen LogP contribution is -2.00. The van der Waals surface area contributed by atoms with Crippen LogP contribution >= 0.6 is 11.6 Å². The summed E-state index contributed by atoms with van der Waals surface area (Å²) in [5.74, 6) is -0.332. The Morgan fingerprint density at radius 2 is 2.12 bits per heavy atom. The third kappa shape index (κ3) is 4.77. The van der Waals surface area contributed by atoms with Gasteiger partial charge in [0.15, 0.2) is 0 Å². The molecule has 0 fully saturated rings. The summed E-state index contributed by atoms with van der Waals surface area (Å²) < 4.78 is 11.7. The molecule has 1 atom stereocenters. The van der Waals surface area contributed by atoms with Gasteiger partial charge in [-0.3, -0.25) is 9.00 Å². The summed E-state index contributed by atoms with van der Waals surface area (Å²) in [6.07, 6.45) is 1.33. The Labute approximate surface area is 102 Å². The van der Waals surface area contributed by atoms with Crippen LogP contribution in [-0.4, -0.2) is 21.0 Å². The number of rotatable bonds is 6. The van der Waals surface area contributed by atoms with Gasteiger partial charge in [-0.15, -0.1) is 0 Å². The molecule has 0 heterocycles. The maximum atomic E-state index is 11.7. The highest BCUT2D eigenvalue weighted by molar-refractivity contribution is 7.85. The molecule has 1 aromatic carbocycles. The van der Waals surface area contributed by atoms with Crippen LogP contribution in [0.15, 0.2) is 29.2 Å². The molecule has 88 valence electrons. The first-order chi connectivity index (χ1) is 7.59. The summed E-state index contributed by atoms with van der Waals surface area (Å²) in [6, 6.07) is 6.92. The molecule has 0 aliphatic heterocycles. The van der Waals surface area contributed by atoms with Crippen molar-refractivity contribution in [3.63, 3.8) is 0 Å². The van der Waals surface area contributed by atoms with Gasteiger partial charge in [-0.1, -0.05) is 17.7 Å². The van der Waals surface area contributed by atoms with Crippen molar-refractivity contribution < 1.29 is 14.1 Å². The van der Waals surface area contributed by atoms with E-state index in [0.717, 1.165) is 0 Å². The zero-order valence-corrected chi connectivity index (χ0v) is 10.3. The van der Waals surface area contributed by atoms with Gasteiger partial charge in [0.05, 0.1) is 10.8 Å². The highest BCUT2D eigenvalue weighted by Gasteiger charge is 2.04. The van der Waals surface area contributed by atoms with Crippen molar-refractivity contribution in [3.8, 4) is 0 Å². The first kappa shape index (κ1) is 13.2. The van der Waals surface area contributed by atoms with Crippen LogP contribution in [0.2, 0.25) is 5.02 Å². The Balaban J connectivity index is 2.38. The maximum Gasteiger partial charge on any atom is 0.303 e. The zero-order valence-electron chi connectivity index (χ0n) is 8.69. The highest BCUT2D eigenvalue weighted by Crippen LogP contribution is 2.15. The number of hydrogen-bond donors (Lipinski definition) is 1. The Kier molecular flexibility index (Phi) is 5.49. The lowest BCUT2D eigenvalue weighted by atomic mass is 10.2. The lowest BCUT2D eigenvalue weighted by Gasteiger charge is -2.02. The molecule has 0 aromatic heterocycles. The van der Waals surface area contributed by atoms with E-state index in [1.165, 1.54) is 0 Å². The van der Waals surface area contributed by atoms with E-state index < -0.39 is 16.8 Å². The molecule has 0 aliphatic carbocycles. The van der Waals surface area contributed by atoms with Crippen molar-refractivity contribution in [2.24, 2.45) is 0 Å². The predicted molar refractivity (Wildman–Crippen MR) is 64.2 cm³/mol. The van der Waals surface area contributed by atoms with Crippen molar-refractivity contribution in [1.82, 2.24) is 0 Å². The minimum Gasteiger partial charge on any atom is -0.481 e. The van der Waals surface area contributed by atoms with Gasteiger partial charge in [0, 0.05) is 22.1 Å². The van der Waals surface area contributed by atoms with Crippen molar-refractivity contribution in [2.45, 2.75) is 24.2 Å². The molecule has 0 bridgehead atoms. The molecule has 16 heavy (non-hydrogen) atoms. The molecule has 0 aliphatic rings. The van der Waals surface area contributed by atoms with Crippen molar-refractivity contribution in [2.75, 3.05) is 5.75 Å². The number of hydrogen-bond acceptors (Lipinski definition) is 2. The first-order valence-corrected chi connectivity index (χ1v) is 6.65.